The second-order valence-electron chi connectivity index (χ2n) is 7.35. The molecular weight excluding hydrogens is 547 g/mol. The highest BCUT2D eigenvalue weighted by Gasteiger charge is 2.33. The molecular formula is C26H23IN2O3S. The number of phenols is 1. The number of phenolic OH excluding ortho intramolecular Hbond substituents is 1. The minimum Gasteiger partial charge on any atom is -0.504 e. The molecule has 1 aliphatic rings. The molecule has 1 heterocycles. The molecule has 0 unspecified atom stereocenters. The van der Waals surface area contributed by atoms with E-state index in [1.165, 1.54) is 11.8 Å². The molecule has 0 bridgehead atoms. The summed E-state index contributed by atoms with van der Waals surface area (Å²) in [5, 5.41) is 10.9. The molecule has 0 spiro atoms. The van der Waals surface area contributed by atoms with Crippen LogP contribution in [-0.4, -0.2) is 27.7 Å². The van der Waals surface area contributed by atoms with Crippen LogP contribution in [0.1, 0.15) is 23.6 Å². The van der Waals surface area contributed by atoms with Crippen LogP contribution >= 0.6 is 34.4 Å². The molecule has 0 saturated carbocycles. The standard InChI is InChI=1S/C26H23IN2O3S/c1-2-32-22-14-20(13-21(27)24(22)30)15-23-25(31)29(17-19-11-7-4-8-12-19)26(33-23)28-16-18-9-5-3-6-10-18/h3-15,30H,2,16-17H2,1H3/b23-15-,28-26?. The molecule has 1 saturated heterocycles. The zero-order valence-corrected chi connectivity index (χ0v) is 21.0. The number of amides is 1. The molecule has 0 aromatic heterocycles. The number of halogens is 1. The number of aliphatic imine (C=N–C) groups is 1. The van der Waals surface area contributed by atoms with Crippen molar-refractivity contribution < 1.29 is 14.6 Å². The van der Waals surface area contributed by atoms with Gasteiger partial charge in [-0.25, -0.2) is 0 Å². The van der Waals surface area contributed by atoms with E-state index in [2.05, 4.69) is 22.6 Å². The van der Waals surface area contributed by atoms with E-state index in [1.54, 1.807) is 11.0 Å². The average molecular weight is 570 g/mol. The Hall–Kier alpha value is -2.78. The minimum atomic E-state index is -0.0864. The van der Waals surface area contributed by atoms with Crippen molar-refractivity contribution in [3.63, 3.8) is 0 Å². The fourth-order valence-electron chi connectivity index (χ4n) is 3.37. The van der Waals surface area contributed by atoms with Crippen LogP contribution in [0.25, 0.3) is 6.08 Å². The number of carbonyl (C=O) groups is 1. The van der Waals surface area contributed by atoms with Crippen molar-refractivity contribution in [3.8, 4) is 11.5 Å². The van der Waals surface area contributed by atoms with Gasteiger partial charge in [0.1, 0.15) is 0 Å². The Morgan fingerprint density at radius 2 is 1.73 bits per heavy atom. The third kappa shape index (κ3) is 5.78. The summed E-state index contributed by atoms with van der Waals surface area (Å²) < 4.78 is 6.21. The maximum atomic E-state index is 13.4. The second kappa shape index (κ2) is 10.9. The Morgan fingerprint density at radius 3 is 2.39 bits per heavy atom. The Kier molecular flexibility index (Phi) is 7.72. The van der Waals surface area contributed by atoms with Crippen molar-refractivity contribution in [1.29, 1.82) is 0 Å². The normalized spacial score (nSPS) is 16.1. The smallest absolute Gasteiger partial charge is 0.267 e. The van der Waals surface area contributed by atoms with Crippen LogP contribution in [0.2, 0.25) is 0 Å². The number of nitrogens with zero attached hydrogens (tertiary/aromatic N) is 2. The summed E-state index contributed by atoms with van der Waals surface area (Å²) >= 11 is 3.44. The molecule has 33 heavy (non-hydrogen) atoms. The van der Waals surface area contributed by atoms with Gasteiger partial charge in [-0.2, -0.15) is 0 Å². The average Bonchev–Trinajstić information content (AvgIpc) is 3.11. The number of carbonyl (C=O) groups excluding carboxylic acids is 1. The quantitative estimate of drug-likeness (QED) is 0.277. The number of amidine groups is 1. The van der Waals surface area contributed by atoms with Gasteiger partial charge in [0.2, 0.25) is 0 Å². The molecule has 168 valence electrons. The van der Waals surface area contributed by atoms with Crippen molar-refractivity contribution in [2.24, 2.45) is 4.99 Å². The summed E-state index contributed by atoms with van der Waals surface area (Å²) in [6.45, 7) is 3.26. The van der Waals surface area contributed by atoms with Crippen LogP contribution in [0.4, 0.5) is 0 Å². The summed E-state index contributed by atoms with van der Waals surface area (Å²) in [4.78, 5) is 20.5. The minimum absolute atomic E-state index is 0.0864. The first-order valence-electron chi connectivity index (χ1n) is 10.5. The molecule has 3 aromatic rings. The molecule has 1 fully saturated rings. The zero-order valence-electron chi connectivity index (χ0n) is 18.1. The molecule has 0 atom stereocenters. The Labute approximate surface area is 211 Å². The van der Waals surface area contributed by atoms with Crippen molar-refractivity contribution in [1.82, 2.24) is 4.90 Å². The highest BCUT2D eigenvalue weighted by Crippen LogP contribution is 2.37. The number of ether oxygens (including phenoxy) is 1. The Bertz CT molecular complexity index is 1200. The van der Waals surface area contributed by atoms with Gasteiger partial charge >= 0.3 is 0 Å². The van der Waals surface area contributed by atoms with Crippen LogP contribution in [-0.2, 0) is 17.9 Å². The lowest BCUT2D eigenvalue weighted by Crippen LogP contribution is -2.28. The number of hydrogen-bond acceptors (Lipinski definition) is 5. The lowest BCUT2D eigenvalue weighted by Gasteiger charge is -2.15. The van der Waals surface area contributed by atoms with E-state index in [0.29, 0.717) is 39.1 Å². The van der Waals surface area contributed by atoms with Gasteiger partial charge in [-0.15, -0.1) is 0 Å². The maximum absolute atomic E-state index is 13.4. The van der Waals surface area contributed by atoms with E-state index in [0.717, 1.165) is 16.7 Å². The van der Waals surface area contributed by atoms with Gasteiger partial charge in [0, 0.05) is 0 Å². The summed E-state index contributed by atoms with van der Waals surface area (Å²) in [6.07, 6.45) is 1.83. The van der Waals surface area contributed by atoms with Gasteiger partial charge in [-0.1, -0.05) is 60.7 Å². The first kappa shape index (κ1) is 23.4. The van der Waals surface area contributed by atoms with Crippen molar-refractivity contribution >= 4 is 51.5 Å². The lowest BCUT2D eigenvalue weighted by atomic mass is 10.1. The molecule has 3 aromatic carbocycles. The van der Waals surface area contributed by atoms with Gasteiger partial charge < -0.3 is 9.84 Å². The predicted octanol–water partition coefficient (Wildman–Crippen LogP) is 6.07. The first-order valence-corrected chi connectivity index (χ1v) is 12.4. The molecule has 1 aliphatic heterocycles. The van der Waals surface area contributed by atoms with Crippen LogP contribution in [0.5, 0.6) is 11.5 Å². The first-order chi connectivity index (χ1) is 16.0. The van der Waals surface area contributed by atoms with E-state index in [4.69, 9.17) is 9.73 Å². The van der Waals surface area contributed by atoms with Gasteiger partial charge in [-0.05, 0) is 76.2 Å². The highest BCUT2D eigenvalue weighted by atomic mass is 127. The topological polar surface area (TPSA) is 62.1 Å². The Morgan fingerprint density at radius 1 is 1.06 bits per heavy atom. The molecule has 0 aliphatic carbocycles. The third-order valence-electron chi connectivity index (χ3n) is 4.96. The predicted molar refractivity (Wildman–Crippen MR) is 142 cm³/mol. The van der Waals surface area contributed by atoms with Gasteiger partial charge in [0.25, 0.3) is 5.91 Å². The summed E-state index contributed by atoms with van der Waals surface area (Å²) in [7, 11) is 0. The number of rotatable bonds is 7. The summed E-state index contributed by atoms with van der Waals surface area (Å²) in [5.74, 6) is 0.434. The number of benzene rings is 3. The van der Waals surface area contributed by atoms with E-state index in [1.807, 2.05) is 79.7 Å². The molecule has 4 rings (SSSR count). The zero-order chi connectivity index (χ0) is 23.2. The fourth-order valence-corrected chi connectivity index (χ4v) is 4.97. The van der Waals surface area contributed by atoms with Gasteiger partial charge in [0.15, 0.2) is 16.7 Å². The molecule has 1 amide bonds. The number of aromatic hydroxyl groups is 1. The van der Waals surface area contributed by atoms with E-state index in [-0.39, 0.29) is 11.7 Å². The third-order valence-corrected chi connectivity index (χ3v) is 6.83. The summed E-state index contributed by atoms with van der Waals surface area (Å²) in [5.41, 5.74) is 2.92. The lowest BCUT2D eigenvalue weighted by molar-refractivity contribution is -0.122. The molecule has 0 radical (unpaired) electrons. The molecule has 7 heteroatoms. The highest BCUT2D eigenvalue weighted by molar-refractivity contribution is 14.1. The SMILES string of the molecule is CCOc1cc(/C=C2\SC(=NCc3ccccc3)N(Cc3ccccc3)C2=O)cc(I)c1O. The number of thioether (sulfide) groups is 1. The van der Waals surface area contributed by atoms with E-state index in [9.17, 15) is 9.90 Å². The fraction of sp³-hybridized carbons (Fsp3) is 0.154. The van der Waals surface area contributed by atoms with Crippen molar-refractivity contribution in [3.05, 3.63) is 98.0 Å². The molecule has 1 N–H and O–H groups in total. The summed E-state index contributed by atoms with van der Waals surface area (Å²) in [6, 6.07) is 23.5. The monoisotopic (exact) mass is 570 g/mol. The van der Waals surface area contributed by atoms with Crippen molar-refractivity contribution in [2.45, 2.75) is 20.0 Å². The van der Waals surface area contributed by atoms with Crippen LogP contribution in [0.3, 0.4) is 0 Å². The van der Waals surface area contributed by atoms with Crippen molar-refractivity contribution in [2.75, 3.05) is 6.61 Å². The van der Waals surface area contributed by atoms with E-state index >= 15 is 0 Å². The second-order valence-corrected chi connectivity index (χ2v) is 9.53. The van der Waals surface area contributed by atoms with Crippen LogP contribution < -0.4 is 4.74 Å². The van der Waals surface area contributed by atoms with E-state index < -0.39 is 0 Å². The van der Waals surface area contributed by atoms with Gasteiger partial charge in [0.05, 0.1) is 28.2 Å². The van der Waals surface area contributed by atoms with Crippen LogP contribution in [0, 0.1) is 3.57 Å². The maximum Gasteiger partial charge on any atom is 0.267 e. The van der Waals surface area contributed by atoms with Gasteiger partial charge in [-0.3, -0.25) is 14.7 Å². The largest absolute Gasteiger partial charge is 0.504 e. The van der Waals surface area contributed by atoms with Crippen LogP contribution in [0.15, 0.2) is 82.7 Å². The molecule has 5 nitrogen and oxygen atoms in total. The number of hydrogen-bond donors (Lipinski definition) is 1. The Balaban J connectivity index is 1.66.